The third-order valence-corrected chi connectivity index (χ3v) is 5.77. The van der Waals surface area contributed by atoms with Crippen LogP contribution in [0.4, 0.5) is 8.78 Å². The van der Waals surface area contributed by atoms with Crippen molar-refractivity contribution in [3.05, 3.63) is 41.0 Å². The van der Waals surface area contributed by atoms with Gasteiger partial charge in [0.15, 0.2) is 11.6 Å². The number of aryl methyl sites for hydroxylation is 1. The number of carbonyl (C=O) groups is 1. The zero-order valence-electron chi connectivity index (χ0n) is 16.8. The minimum atomic E-state index is -2.55. The van der Waals surface area contributed by atoms with Crippen LogP contribution in [0.5, 0.6) is 5.75 Å². The highest BCUT2D eigenvalue weighted by Gasteiger charge is 2.40. The largest absolute Gasteiger partial charge is 0.487 e. The molecule has 0 saturated heterocycles. The lowest BCUT2D eigenvalue weighted by Gasteiger charge is -2.25. The molecule has 1 aromatic heterocycles. The van der Waals surface area contributed by atoms with E-state index >= 15 is 0 Å². The minimum absolute atomic E-state index is 0.0696. The van der Waals surface area contributed by atoms with Gasteiger partial charge in [-0.05, 0) is 42.7 Å². The fourth-order valence-electron chi connectivity index (χ4n) is 3.92. The predicted molar refractivity (Wildman–Crippen MR) is 103 cm³/mol. The molecule has 2 aliphatic carbocycles. The van der Waals surface area contributed by atoms with Crippen molar-refractivity contribution in [1.29, 1.82) is 0 Å². The van der Waals surface area contributed by atoms with E-state index in [9.17, 15) is 13.6 Å². The molecule has 2 aromatic rings. The fraction of sp³-hybridized carbons (Fsp3) is 0.591. The Kier molecular flexibility index (Phi) is 5.40. The molecule has 5 nitrogen and oxygen atoms in total. The van der Waals surface area contributed by atoms with Crippen molar-refractivity contribution in [3.63, 3.8) is 0 Å². The number of benzene rings is 1. The van der Waals surface area contributed by atoms with Crippen molar-refractivity contribution in [2.45, 2.75) is 70.1 Å². The minimum Gasteiger partial charge on any atom is -0.487 e. The van der Waals surface area contributed by atoms with E-state index in [1.807, 2.05) is 13.0 Å². The van der Waals surface area contributed by atoms with Crippen LogP contribution in [0, 0.1) is 12.8 Å². The Morgan fingerprint density at radius 2 is 2.07 bits per heavy atom. The van der Waals surface area contributed by atoms with Gasteiger partial charge >= 0.3 is 0 Å². The van der Waals surface area contributed by atoms with Gasteiger partial charge in [0.2, 0.25) is 5.89 Å². The molecule has 1 atom stereocenters. The summed E-state index contributed by atoms with van der Waals surface area (Å²) in [6.07, 6.45) is 2.87. The number of ketones is 1. The van der Waals surface area contributed by atoms with E-state index in [1.54, 1.807) is 19.1 Å². The first-order valence-corrected chi connectivity index (χ1v) is 10.2. The maximum Gasteiger partial charge on any atom is 0.272 e. The van der Waals surface area contributed by atoms with Crippen molar-refractivity contribution in [2.24, 2.45) is 5.92 Å². The summed E-state index contributed by atoms with van der Waals surface area (Å²) in [5, 5.41) is 4.08. The second kappa shape index (κ2) is 7.84. The number of halogens is 2. The lowest BCUT2D eigenvalue weighted by atomic mass is 9.78. The van der Waals surface area contributed by atoms with Crippen LogP contribution in [0.2, 0.25) is 0 Å². The Bertz CT molecular complexity index is 890. The lowest BCUT2D eigenvalue weighted by Crippen LogP contribution is -2.28. The number of nitrogens with zero attached hydrogens (tertiary/aromatic N) is 2. The standard InChI is InChI=1S/C22H26F2N2O3/c1-13-25-21(26-29-13)22(2,10-14-3-4-14)11-18(27)16-7-8-17(15-5-6-15)19(9-16)28-12-20(23)24/h7-9,14-15,20H,3-6,10-12H2,1-2H3/t22-/m0/s1. The van der Waals surface area contributed by atoms with Crippen LogP contribution in [0.25, 0.3) is 0 Å². The molecule has 2 fully saturated rings. The van der Waals surface area contributed by atoms with Crippen molar-refractivity contribution >= 4 is 5.78 Å². The van der Waals surface area contributed by atoms with Crippen LogP contribution in [0.1, 0.15) is 79.0 Å². The van der Waals surface area contributed by atoms with Crippen LogP contribution in [0.3, 0.4) is 0 Å². The summed E-state index contributed by atoms with van der Waals surface area (Å²) in [5.74, 6) is 2.28. The molecule has 0 bridgehead atoms. The average molecular weight is 404 g/mol. The number of carbonyl (C=O) groups excluding carboxylic acids is 1. The fourth-order valence-corrected chi connectivity index (χ4v) is 3.92. The number of Topliss-reactive ketones (excluding diaryl/α,β-unsaturated/α-hetero) is 1. The molecule has 0 N–H and O–H groups in total. The van der Waals surface area contributed by atoms with E-state index in [2.05, 4.69) is 10.1 Å². The van der Waals surface area contributed by atoms with Gasteiger partial charge in [-0.25, -0.2) is 8.78 Å². The highest BCUT2D eigenvalue weighted by molar-refractivity contribution is 5.97. The Balaban J connectivity index is 1.56. The maximum atomic E-state index is 13.1. The number of alkyl halides is 2. The number of aromatic nitrogens is 2. The van der Waals surface area contributed by atoms with Gasteiger partial charge in [-0.1, -0.05) is 37.1 Å². The molecule has 0 spiro atoms. The van der Waals surface area contributed by atoms with Crippen LogP contribution in [0.15, 0.2) is 22.7 Å². The summed E-state index contributed by atoms with van der Waals surface area (Å²) in [6.45, 7) is 3.07. The average Bonchev–Trinajstić information content (AvgIpc) is 3.60. The third kappa shape index (κ3) is 4.82. The Hall–Kier alpha value is -2.31. The van der Waals surface area contributed by atoms with Gasteiger partial charge in [0.25, 0.3) is 6.43 Å². The zero-order chi connectivity index (χ0) is 20.6. The summed E-state index contributed by atoms with van der Waals surface area (Å²) in [4.78, 5) is 17.5. The maximum absolute atomic E-state index is 13.1. The molecule has 1 aromatic carbocycles. The van der Waals surface area contributed by atoms with Crippen molar-refractivity contribution in [2.75, 3.05) is 6.61 Å². The van der Waals surface area contributed by atoms with Crippen LogP contribution >= 0.6 is 0 Å². The molecule has 0 amide bonds. The molecule has 7 heteroatoms. The van der Waals surface area contributed by atoms with Gasteiger partial charge < -0.3 is 9.26 Å². The van der Waals surface area contributed by atoms with Crippen LogP contribution in [-0.4, -0.2) is 29.0 Å². The molecule has 1 heterocycles. The Morgan fingerprint density at radius 1 is 1.31 bits per heavy atom. The van der Waals surface area contributed by atoms with Gasteiger partial charge in [0.1, 0.15) is 12.4 Å². The van der Waals surface area contributed by atoms with Crippen molar-refractivity contribution in [3.8, 4) is 5.75 Å². The quantitative estimate of drug-likeness (QED) is 0.507. The molecule has 29 heavy (non-hydrogen) atoms. The summed E-state index contributed by atoms with van der Waals surface area (Å²) in [6, 6.07) is 5.25. The predicted octanol–water partition coefficient (Wildman–Crippen LogP) is 5.23. The van der Waals surface area contributed by atoms with Crippen molar-refractivity contribution in [1.82, 2.24) is 10.1 Å². The summed E-state index contributed by atoms with van der Waals surface area (Å²) >= 11 is 0. The number of hydrogen-bond donors (Lipinski definition) is 0. The second-order valence-corrected chi connectivity index (χ2v) is 8.67. The molecule has 4 rings (SSSR count). The van der Waals surface area contributed by atoms with Gasteiger partial charge in [-0.3, -0.25) is 4.79 Å². The SMILES string of the molecule is Cc1nc([C@](C)(CC(=O)c2ccc(C3CC3)c(OCC(F)F)c2)CC2CC2)no1. The number of rotatable bonds is 10. The highest BCUT2D eigenvalue weighted by Crippen LogP contribution is 2.46. The third-order valence-electron chi connectivity index (χ3n) is 5.77. The highest BCUT2D eigenvalue weighted by atomic mass is 19.3. The molecule has 0 aliphatic heterocycles. The molecule has 156 valence electrons. The van der Waals surface area contributed by atoms with Gasteiger partial charge in [-0.15, -0.1) is 0 Å². The molecule has 2 aliphatic rings. The number of hydrogen-bond acceptors (Lipinski definition) is 5. The lowest BCUT2D eigenvalue weighted by molar-refractivity contribution is 0.0813. The Morgan fingerprint density at radius 3 is 2.66 bits per heavy atom. The first-order chi connectivity index (χ1) is 13.8. The summed E-state index contributed by atoms with van der Waals surface area (Å²) in [5.41, 5.74) is 0.868. The van der Waals surface area contributed by atoms with E-state index in [0.717, 1.165) is 37.7 Å². The van der Waals surface area contributed by atoms with Crippen molar-refractivity contribution < 1.29 is 22.8 Å². The van der Waals surface area contributed by atoms with E-state index in [4.69, 9.17) is 9.26 Å². The Labute approximate surface area is 168 Å². The molecular formula is C22H26F2N2O3. The summed E-state index contributed by atoms with van der Waals surface area (Å²) in [7, 11) is 0. The van der Waals surface area contributed by atoms with Gasteiger partial charge in [0.05, 0.1) is 0 Å². The van der Waals surface area contributed by atoms with E-state index < -0.39 is 18.4 Å². The van der Waals surface area contributed by atoms with Crippen LogP contribution in [-0.2, 0) is 5.41 Å². The monoisotopic (exact) mass is 404 g/mol. The number of ether oxygens (including phenoxy) is 1. The molecular weight excluding hydrogens is 378 g/mol. The first-order valence-electron chi connectivity index (χ1n) is 10.2. The zero-order valence-corrected chi connectivity index (χ0v) is 16.8. The molecule has 0 radical (unpaired) electrons. The summed E-state index contributed by atoms with van der Waals surface area (Å²) < 4.78 is 35.8. The topological polar surface area (TPSA) is 65.2 Å². The van der Waals surface area contributed by atoms with E-state index in [-0.39, 0.29) is 12.2 Å². The van der Waals surface area contributed by atoms with Gasteiger partial charge in [-0.2, -0.15) is 4.98 Å². The second-order valence-electron chi connectivity index (χ2n) is 8.67. The van der Waals surface area contributed by atoms with E-state index in [0.29, 0.717) is 34.9 Å². The van der Waals surface area contributed by atoms with E-state index in [1.165, 1.54) is 0 Å². The first kappa shape index (κ1) is 20.0. The molecule has 2 saturated carbocycles. The molecule has 0 unspecified atom stereocenters. The van der Waals surface area contributed by atoms with Crippen LogP contribution < -0.4 is 4.74 Å². The smallest absolute Gasteiger partial charge is 0.272 e. The normalized spacial score (nSPS) is 18.7. The van der Waals surface area contributed by atoms with Gasteiger partial charge in [0, 0.05) is 24.3 Å².